The van der Waals surface area contributed by atoms with E-state index in [1.54, 1.807) is 0 Å². The van der Waals surface area contributed by atoms with Crippen LogP contribution in [-0.2, 0) is 4.79 Å². The molecule has 2 heteroatoms. The van der Waals surface area contributed by atoms with E-state index in [2.05, 4.69) is 55.5 Å². The molecule has 148 valence electrons. The van der Waals surface area contributed by atoms with Crippen LogP contribution in [0.2, 0.25) is 0 Å². The third-order valence-electron chi connectivity index (χ3n) is 4.20. The molecule has 2 nitrogen and oxygen atoms in total. The molecular formula is C24H40O2. The summed E-state index contributed by atoms with van der Waals surface area (Å²) in [5.74, 6) is -0.678. The van der Waals surface area contributed by atoms with Gasteiger partial charge in [0.25, 0.3) is 0 Å². The van der Waals surface area contributed by atoms with Crippen LogP contribution in [0.3, 0.4) is 0 Å². The molecule has 0 aliphatic rings. The van der Waals surface area contributed by atoms with Crippen molar-refractivity contribution < 1.29 is 9.90 Å². The van der Waals surface area contributed by atoms with Crippen molar-refractivity contribution in [2.45, 2.75) is 96.8 Å². The van der Waals surface area contributed by atoms with E-state index < -0.39 is 5.97 Å². The molecule has 0 aromatic carbocycles. The van der Waals surface area contributed by atoms with Gasteiger partial charge in [-0.2, -0.15) is 0 Å². The topological polar surface area (TPSA) is 37.3 Å². The van der Waals surface area contributed by atoms with Gasteiger partial charge in [-0.3, -0.25) is 4.79 Å². The van der Waals surface area contributed by atoms with E-state index in [-0.39, 0.29) is 0 Å². The SMILES string of the molecule is CCCCC/C=C/C/C=C/C/C=C/CC/C=C/CCCCCCC(=O)O. The van der Waals surface area contributed by atoms with Crippen LogP contribution in [0.15, 0.2) is 48.6 Å². The van der Waals surface area contributed by atoms with Crippen molar-refractivity contribution in [2.24, 2.45) is 0 Å². The molecule has 0 saturated heterocycles. The number of hydrogen-bond donors (Lipinski definition) is 1. The predicted octanol–water partition coefficient (Wildman–Crippen LogP) is 7.78. The van der Waals surface area contributed by atoms with E-state index in [9.17, 15) is 4.79 Å². The standard InChI is InChI=1S/C24H40O2/c1-2-3-4-5-6-7-8-9-10-11-12-13-14-15-16-17-18-19-20-21-22-23-24(25)26/h6-7,9-10,12-13,16-17H,2-5,8,11,14-15,18-23H2,1H3,(H,25,26)/b7-6+,10-9+,13-12+,17-16+. The smallest absolute Gasteiger partial charge is 0.303 e. The number of carboxylic acid groups (broad SMARTS) is 1. The van der Waals surface area contributed by atoms with Crippen LogP contribution in [-0.4, -0.2) is 11.1 Å². The van der Waals surface area contributed by atoms with Gasteiger partial charge in [0.1, 0.15) is 0 Å². The van der Waals surface area contributed by atoms with Gasteiger partial charge >= 0.3 is 5.97 Å². The average molecular weight is 361 g/mol. The minimum absolute atomic E-state index is 0.313. The van der Waals surface area contributed by atoms with Crippen LogP contribution < -0.4 is 0 Å². The van der Waals surface area contributed by atoms with Gasteiger partial charge in [-0.15, -0.1) is 0 Å². The maximum absolute atomic E-state index is 10.4. The Morgan fingerprint density at radius 3 is 1.69 bits per heavy atom. The van der Waals surface area contributed by atoms with Crippen molar-refractivity contribution in [2.75, 3.05) is 0 Å². The highest BCUT2D eigenvalue weighted by atomic mass is 16.4. The fourth-order valence-corrected chi connectivity index (χ4v) is 2.61. The highest BCUT2D eigenvalue weighted by Crippen LogP contribution is 2.06. The largest absolute Gasteiger partial charge is 0.481 e. The average Bonchev–Trinajstić information content (AvgIpc) is 2.62. The lowest BCUT2D eigenvalue weighted by Crippen LogP contribution is -1.93. The van der Waals surface area contributed by atoms with Gasteiger partial charge in [-0.05, 0) is 57.8 Å². The zero-order chi connectivity index (χ0) is 19.1. The molecule has 0 aromatic rings. The number of unbranched alkanes of at least 4 members (excludes halogenated alkanes) is 8. The summed E-state index contributed by atoms with van der Waals surface area (Å²) in [6.45, 7) is 2.24. The zero-order valence-electron chi connectivity index (χ0n) is 16.9. The minimum atomic E-state index is -0.678. The molecule has 1 N–H and O–H groups in total. The molecule has 0 fully saturated rings. The minimum Gasteiger partial charge on any atom is -0.481 e. The molecule has 0 aliphatic carbocycles. The summed E-state index contributed by atoms with van der Waals surface area (Å²) in [6, 6.07) is 0. The molecule has 0 heterocycles. The fourth-order valence-electron chi connectivity index (χ4n) is 2.61. The first-order valence-corrected chi connectivity index (χ1v) is 10.6. The number of carbonyl (C=O) groups is 1. The number of aliphatic carboxylic acids is 1. The first-order valence-electron chi connectivity index (χ1n) is 10.6. The Morgan fingerprint density at radius 1 is 0.615 bits per heavy atom. The molecule has 0 aromatic heterocycles. The molecule has 26 heavy (non-hydrogen) atoms. The third-order valence-corrected chi connectivity index (χ3v) is 4.20. The third kappa shape index (κ3) is 22.4. The van der Waals surface area contributed by atoms with Crippen molar-refractivity contribution in [3.05, 3.63) is 48.6 Å². The molecule has 0 atom stereocenters. The number of carboxylic acids is 1. The van der Waals surface area contributed by atoms with Crippen LogP contribution in [0, 0.1) is 0 Å². The number of rotatable bonds is 18. The lowest BCUT2D eigenvalue weighted by Gasteiger charge is -1.96. The van der Waals surface area contributed by atoms with E-state index in [4.69, 9.17) is 5.11 Å². The van der Waals surface area contributed by atoms with Gasteiger partial charge < -0.3 is 5.11 Å². The maximum atomic E-state index is 10.4. The molecule has 0 aliphatic heterocycles. The second-order valence-electron chi connectivity index (χ2n) is 6.78. The summed E-state index contributed by atoms with van der Waals surface area (Å²) in [5.41, 5.74) is 0. The molecule has 0 amide bonds. The Bertz CT molecular complexity index is 416. The van der Waals surface area contributed by atoms with Crippen molar-refractivity contribution in [1.29, 1.82) is 0 Å². The zero-order valence-corrected chi connectivity index (χ0v) is 16.9. The molecule has 0 spiro atoms. The molecule has 0 radical (unpaired) electrons. The predicted molar refractivity (Wildman–Crippen MR) is 115 cm³/mol. The molecule has 0 rings (SSSR count). The number of hydrogen-bond acceptors (Lipinski definition) is 1. The van der Waals surface area contributed by atoms with Crippen LogP contribution >= 0.6 is 0 Å². The maximum Gasteiger partial charge on any atom is 0.303 e. The highest BCUT2D eigenvalue weighted by Gasteiger charge is 1.95. The molecular weight excluding hydrogens is 320 g/mol. The lowest BCUT2D eigenvalue weighted by molar-refractivity contribution is -0.137. The van der Waals surface area contributed by atoms with E-state index in [1.807, 2.05) is 0 Å². The summed E-state index contributed by atoms with van der Waals surface area (Å²) >= 11 is 0. The summed E-state index contributed by atoms with van der Waals surface area (Å²) in [6.07, 6.45) is 33.2. The van der Waals surface area contributed by atoms with Gasteiger partial charge in [0.15, 0.2) is 0 Å². The normalized spacial score (nSPS) is 12.3. The van der Waals surface area contributed by atoms with Gasteiger partial charge in [-0.1, -0.05) is 81.2 Å². The summed E-state index contributed by atoms with van der Waals surface area (Å²) in [5, 5.41) is 8.55. The van der Waals surface area contributed by atoms with Crippen molar-refractivity contribution in [3.63, 3.8) is 0 Å². The summed E-state index contributed by atoms with van der Waals surface area (Å²) in [7, 11) is 0. The Kier molecular flexibility index (Phi) is 20.2. The Hall–Kier alpha value is -1.57. The van der Waals surface area contributed by atoms with E-state index in [0.717, 1.165) is 51.4 Å². The first-order chi connectivity index (χ1) is 12.8. The fraction of sp³-hybridized carbons (Fsp3) is 0.625. The van der Waals surface area contributed by atoms with Crippen molar-refractivity contribution >= 4 is 5.97 Å². The van der Waals surface area contributed by atoms with Gasteiger partial charge in [-0.25, -0.2) is 0 Å². The first kappa shape index (κ1) is 24.4. The molecule has 0 bridgehead atoms. The summed E-state index contributed by atoms with van der Waals surface area (Å²) < 4.78 is 0. The lowest BCUT2D eigenvalue weighted by atomic mass is 10.1. The van der Waals surface area contributed by atoms with Crippen LogP contribution in [0.5, 0.6) is 0 Å². The highest BCUT2D eigenvalue weighted by molar-refractivity contribution is 5.66. The molecule has 0 saturated carbocycles. The van der Waals surface area contributed by atoms with E-state index in [1.165, 1.54) is 32.1 Å². The number of allylic oxidation sites excluding steroid dienone is 8. The second-order valence-corrected chi connectivity index (χ2v) is 6.78. The van der Waals surface area contributed by atoms with Gasteiger partial charge in [0.05, 0.1) is 0 Å². The van der Waals surface area contributed by atoms with Gasteiger partial charge in [0, 0.05) is 6.42 Å². The van der Waals surface area contributed by atoms with Gasteiger partial charge in [0.2, 0.25) is 0 Å². The Labute approximate surface area is 161 Å². The molecule has 0 unspecified atom stereocenters. The Balaban J connectivity index is 3.34. The summed E-state index contributed by atoms with van der Waals surface area (Å²) in [4.78, 5) is 10.4. The second kappa shape index (κ2) is 21.5. The van der Waals surface area contributed by atoms with Crippen LogP contribution in [0.25, 0.3) is 0 Å². The Morgan fingerprint density at radius 2 is 1.08 bits per heavy atom. The van der Waals surface area contributed by atoms with Crippen molar-refractivity contribution in [3.8, 4) is 0 Å². The van der Waals surface area contributed by atoms with Crippen molar-refractivity contribution in [1.82, 2.24) is 0 Å². The quantitative estimate of drug-likeness (QED) is 0.200. The monoisotopic (exact) mass is 360 g/mol. The van der Waals surface area contributed by atoms with Crippen LogP contribution in [0.4, 0.5) is 0 Å². The van der Waals surface area contributed by atoms with E-state index in [0.29, 0.717) is 6.42 Å². The van der Waals surface area contributed by atoms with E-state index >= 15 is 0 Å². The van der Waals surface area contributed by atoms with Crippen LogP contribution in [0.1, 0.15) is 96.8 Å².